The van der Waals surface area contributed by atoms with Gasteiger partial charge in [-0.1, -0.05) is 41.4 Å². The van der Waals surface area contributed by atoms with Crippen LogP contribution < -0.4 is 11.1 Å². The minimum atomic E-state index is -0.196. The quantitative estimate of drug-likeness (QED) is 0.816. The molecule has 0 bridgehead atoms. The lowest BCUT2D eigenvalue weighted by Crippen LogP contribution is -2.06. The maximum absolute atomic E-state index is 11.0. The van der Waals surface area contributed by atoms with Gasteiger partial charge in [0, 0.05) is 18.2 Å². The zero-order valence-electron chi connectivity index (χ0n) is 10.2. The van der Waals surface area contributed by atoms with Gasteiger partial charge < -0.3 is 11.1 Å². The molecular weight excluding hydrogens is 283 g/mol. The number of nitrogens with one attached hydrogen (secondary N) is 1. The fourth-order valence-electron chi connectivity index (χ4n) is 1.72. The third-order valence-electron chi connectivity index (χ3n) is 2.61. The van der Waals surface area contributed by atoms with Gasteiger partial charge in [-0.15, -0.1) is 0 Å². The molecule has 19 heavy (non-hydrogen) atoms. The zero-order valence-corrected chi connectivity index (χ0v) is 11.7. The second kappa shape index (κ2) is 5.51. The summed E-state index contributed by atoms with van der Waals surface area (Å²) in [6.07, 6.45) is 0. The molecule has 0 saturated carbocycles. The summed E-state index contributed by atoms with van der Waals surface area (Å²) in [5, 5.41) is 3.35. The van der Waals surface area contributed by atoms with Crippen molar-refractivity contribution in [1.29, 1.82) is 0 Å². The molecule has 0 heterocycles. The van der Waals surface area contributed by atoms with E-state index in [4.69, 9.17) is 28.9 Å². The number of nitrogens with two attached hydrogens (primary N) is 1. The number of hydrogen-bond acceptors (Lipinski definition) is 2. The highest BCUT2D eigenvalue weighted by molar-refractivity contribution is 6.45. The number of benzene rings is 2. The van der Waals surface area contributed by atoms with Gasteiger partial charge in [0.2, 0.25) is 5.91 Å². The lowest BCUT2D eigenvalue weighted by molar-refractivity contribution is -0.114. The third-order valence-corrected chi connectivity index (χ3v) is 3.50. The van der Waals surface area contributed by atoms with Crippen molar-refractivity contribution in [2.24, 2.45) is 0 Å². The van der Waals surface area contributed by atoms with Crippen LogP contribution in [0, 0.1) is 0 Å². The first-order valence-corrected chi connectivity index (χ1v) is 6.36. The van der Waals surface area contributed by atoms with E-state index in [2.05, 4.69) is 5.32 Å². The molecule has 0 aliphatic rings. The van der Waals surface area contributed by atoms with Crippen molar-refractivity contribution < 1.29 is 4.79 Å². The van der Waals surface area contributed by atoms with Crippen LogP contribution in [0.4, 0.5) is 11.4 Å². The molecule has 0 aliphatic carbocycles. The van der Waals surface area contributed by atoms with Crippen molar-refractivity contribution in [1.82, 2.24) is 0 Å². The topological polar surface area (TPSA) is 55.1 Å². The van der Waals surface area contributed by atoms with Crippen LogP contribution in [0.5, 0.6) is 0 Å². The van der Waals surface area contributed by atoms with Crippen LogP contribution in [0.2, 0.25) is 10.0 Å². The normalized spacial score (nSPS) is 10.3. The van der Waals surface area contributed by atoms with Gasteiger partial charge in [0.25, 0.3) is 0 Å². The van der Waals surface area contributed by atoms with Gasteiger partial charge in [-0.3, -0.25) is 4.79 Å². The van der Waals surface area contributed by atoms with E-state index in [0.717, 1.165) is 11.1 Å². The second-order valence-corrected chi connectivity index (χ2v) is 4.85. The highest BCUT2D eigenvalue weighted by Crippen LogP contribution is 2.38. The van der Waals surface area contributed by atoms with Crippen molar-refractivity contribution in [3.63, 3.8) is 0 Å². The van der Waals surface area contributed by atoms with Crippen LogP contribution in [-0.2, 0) is 4.79 Å². The first-order chi connectivity index (χ1) is 8.99. The molecule has 0 aromatic heterocycles. The molecule has 0 aliphatic heterocycles. The Morgan fingerprint density at radius 2 is 1.68 bits per heavy atom. The summed E-state index contributed by atoms with van der Waals surface area (Å²) in [7, 11) is 0. The second-order valence-electron chi connectivity index (χ2n) is 4.09. The van der Waals surface area contributed by atoms with Crippen LogP contribution in [0.15, 0.2) is 36.4 Å². The monoisotopic (exact) mass is 294 g/mol. The number of nitrogen functional groups attached to an aromatic ring is 1. The van der Waals surface area contributed by atoms with Gasteiger partial charge in [0.05, 0.1) is 15.7 Å². The van der Waals surface area contributed by atoms with E-state index in [1.54, 1.807) is 18.2 Å². The Morgan fingerprint density at radius 3 is 2.26 bits per heavy atom. The van der Waals surface area contributed by atoms with E-state index in [1.165, 1.54) is 6.92 Å². The van der Waals surface area contributed by atoms with Gasteiger partial charge in [-0.25, -0.2) is 0 Å². The minimum Gasteiger partial charge on any atom is -0.399 e. The van der Waals surface area contributed by atoms with Gasteiger partial charge >= 0.3 is 0 Å². The van der Waals surface area contributed by atoms with E-state index in [-0.39, 0.29) is 5.91 Å². The molecule has 2 aromatic rings. The third kappa shape index (κ3) is 3.00. The average molecular weight is 295 g/mol. The van der Waals surface area contributed by atoms with Gasteiger partial charge in [-0.2, -0.15) is 0 Å². The lowest BCUT2D eigenvalue weighted by Gasteiger charge is -2.11. The molecule has 1 amide bonds. The SMILES string of the molecule is CC(=O)Nc1ccc(-c2ccc(N)cc2)c(Cl)c1Cl. The fourth-order valence-corrected chi connectivity index (χ4v) is 2.21. The molecule has 0 unspecified atom stereocenters. The van der Waals surface area contributed by atoms with Gasteiger partial charge in [-0.05, 0) is 23.8 Å². The summed E-state index contributed by atoms with van der Waals surface area (Å²) >= 11 is 12.4. The van der Waals surface area contributed by atoms with Crippen LogP contribution in [-0.4, -0.2) is 5.91 Å². The highest BCUT2D eigenvalue weighted by atomic mass is 35.5. The first kappa shape index (κ1) is 13.7. The minimum absolute atomic E-state index is 0.196. The van der Waals surface area contributed by atoms with Crippen molar-refractivity contribution in [2.75, 3.05) is 11.1 Å². The van der Waals surface area contributed by atoms with E-state index in [1.807, 2.05) is 18.2 Å². The molecule has 2 aromatic carbocycles. The highest BCUT2D eigenvalue weighted by Gasteiger charge is 2.12. The molecule has 0 atom stereocenters. The van der Waals surface area contributed by atoms with Crippen molar-refractivity contribution >= 4 is 40.5 Å². The van der Waals surface area contributed by atoms with Crippen molar-refractivity contribution in [3.8, 4) is 11.1 Å². The summed E-state index contributed by atoms with van der Waals surface area (Å²) in [4.78, 5) is 11.0. The summed E-state index contributed by atoms with van der Waals surface area (Å²) < 4.78 is 0. The fraction of sp³-hybridized carbons (Fsp3) is 0.0714. The Hall–Kier alpha value is -1.71. The number of amides is 1. The predicted molar refractivity (Wildman–Crippen MR) is 80.6 cm³/mol. The van der Waals surface area contributed by atoms with Crippen LogP contribution >= 0.6 is 23.2 Å². The van der Waals surface area contributed by atoms with Gasteiger partial charge in [0.15, 0.2) is 0 Å². The van der Waals surface area contributed by atoms with Crippen LogP contribution in [0.3, 0.4) is 0 Å². The number of carbonyl (C=O) groups excluding carboxylic acids is 1. The molecule has 0 radical (unpaired) electrons. The molecule has 2 rings (SSSR count). The Kier molecular flexibility index (Phi) is 3.98. The zero-order chi connectivity index (χ0) is 14.0. The summed E-state index contributed by atoms with van der Waals surface area (Å²) in [5.74, 6) is -0.196. The summed E-state index contributed by atoms with van der Waals surface area (Å²) in [6, 6.07) is 10.9. The standard InChI is InChI=1S/C14H12Cl2N2O/c1-8(19)18-12-7-6-11(13(15)14(12)16)9-2-4-10(17)5-3-9/h2-7H,17H2,1H3,(H,18,19). The average Bonchev–Trinajstić information content (AvgIpc) is 2.36. The number of rotatable bonds is 2. The Labute approximate surface area is 121 Å². The smallest absolute Gasteiger partial charge is 0.221 e. The molecule has 3 N–H and O–H groups in total. The maximum Gasteiger partial charge on any atom is 0.221 e. The van der Waals surface area contributed by atoms with Gasteiger partial charge in [0.1, 0.15) is 0 Å². The molecule has 5 heteroatoms. The Morgan fingerprint density at radius 1 is 1.05 bits per heavy atom. The van der Waals surface area contributed by atoms with E-state index < -0.39 is 0 Å². The van der Waals surface area contributed by atoms with E-state index in [9.17, 15) is 4.79 Å². The molecule has 0 saturated heterocycles. The maximum atomic E-state index is 11.0. The summed E-state index contributed by atoms with van der Waals surface area (Å²) in [5.41, 5.74) is 8.53. The van der Waals surface area contributed by atoms with Crippen LogP contribution in [0.25, 0.3) is 11.1 Å². The molecule has 0 spiro atoms. The number of carbonyl (C=O) groups is 1. The Balaban J connectivity index is 2.46. The van der Waals surface area contributed by atoms with Crippen molar-refractivity contribution in [3.05, 3.63) is 46.4 Å². The lowest BCUT2D eigenvalue weighted by atomic mass is 10.0. The molecule has 98 valence electrons. The first-order valence-electron chi connectivity index (χ1n) is 5.60. The van der Waals surface area contributed by atoms with E-state index in [0.29, 0.717) is 21.4 Å². The van der Waals surface area contributed by atoms with Crippen molar-refractivity contribution in [2.45, 2.75) is 6.92 Å². The number of halogens is 2. The number of anilines is 2. The van der Waals surface area contributed by atoms with E-state index >= 15 is 0 Å². The summed E-state index contributed by atoms with van der Waals surface area (Å²) in [6.45, 7) is 1.41. The molecular formula is C14H12Cl2N2O. The predicted octanol–water partition coefficient (Wildman–Crippen LogP) is 4.20. The Bertz CT molecular complexity index is 624. The molecule has 0 fully saturated rings. The van der Waals surface area contributed by atoms with Crippen LogP contribution in [0.1, 0.15) is 6.92 Å². The molecule has 3 nitrogen and oxygen atoms in total. The largest absolute Gasteiger partial charge is 0.399 e. The number of hydrogen-bond donors (Lipinski definition) is 2.